The van der Waals surface area contributed by atoms with E-state index in [-0.39, 0.29) is 63.1 Å². The zero-order valence-corrected chi connectivity index (χ0v) is 22.7. The Balaban J connectivity index is 0.00000160. The van der Waals surface area contributed by atoms with Crippen molar-refractivity contribution in [2.24, 2.45) is 0 Å². The molecular formula is C24H27BaO3P. The fourth-order valence-electron chi connectivity index (χ4n) is 3.81. The summed E-state index contributed by atoms with van der Waals surface area (Å²) in [6.07, 6.45) is 0. The van der Waals surface area contributed by atoms with Gasteiger partial charge in [-0.1, -0.05) is 82.3 Å². The average molecular weight is 532 g/mol. The van der Waals surface area contributed by atoms with Gasteiger partial charge in [0.1, 0.15) is 5.75 Å². The predicted molar refractivity (Wildman–Crippen MR) is 123 cm³/mol. The van der Waals surface area contributed by atoms with Crippen LogP contribution in [0.5, 0.6) is 5.75 Å². The molecule has 0 bridgehead atoms. The van der Waals surface area contributed by atoms with Crippen LogP contribution in [-0.4, -0.2) is 53.8 Å². The maximum Gasteiger partial charge on any atom is 2.00 e. The second kappa shape index (κ2) is 8.39. The Hall–Kier alpha value is -0.779. The molecule has 1 aliphatic rings. The Kier molecular flexibility index (Phi) is 6.63. The first kappa shape index (κ1) is 22.9. The van der Waals surface area contributed by atoms with Crippen molar-refractivity contribution in [3.8, 4) is 16.9 Å². The first-order valence-corrected chi connectivity index (χ1v) is 11.1. The van der Waals surface area contributed by atoms with Crippen molar-refractivity contribution in [2.75, 3.05) is 0 Å². The summed E-state index contributed by atoms with van der Waals surface area (Å²) >= 11 is 0. The molecule has 0 aliphatic carbocycles. The molecular weight excluding hydrogens is 505 g/mol. The number of hydrogen-bond acceptors (Lipinski definition) is 2. The second-order valence-corrected chi connectivity index (χ2v) is 10.2. The summed E-state index contributed by atoms with van der Waals surface area (Å²) in [6, 6.07) is 21.9. The summed E-state index contributed by atoms with van der Waals surface area (Å²) < 4.78 is 18.6. The standard InChI is InChI=1S/C24H25O3P.Ba.2H/c1-16(17-10-6-5-7-11-17)18-14-20-19-12-8-9-13-22(19)28(25,26)27-23(20)21(15-18)24(2,3)4;;;/h5-16H,1-4H3,(H,25,26);;;/q;+2;2*-1. The molecule has 3 aromatic rings. The van der Waals surface area contributed by atoms with Gasteiger partial charge in [0.15, 0.2) is 0 Å². The number of hydrogen-bond donors (Lipinski definition) is 1. The van der Waals surface area contributed by atoms with Crippen LogP contribution >= 0.6 is 7.60 Å². The Morgan fingerprint density at radius 3 is 2.21 bits per heavy atom. The van der Waals surface area contributed by atoms with Gasteiger partial charge >= 0.3 is 56.5 Å². The molecule has 2 unspecified atom stereocenters. The van der Waals surface area contributed by atoms with Crippen LogP contribution in [0.3, 0.4) is 0 Å². The molecule has 0 saturated carbocycles. The van der Waals surface area contributed by atoms with Crippen molar-refractivity contribution in [3.63, 3.8) is 0 Å². The van der Waals surface area contributed by atoms with E-state index in [1.165, 1.54) is 11.1 Å². The molecule has 29 heavy (non-hydrogen) atoms. The quantitative estimate of drug-likeness (QED) is 0.333. The molecule has 0 radical (unpaired) electrons. The van der Waals surface area contributed by atoms with Crippen LogP contribution in [0.4, 0.5) is 0 Å². The smallest absolute Gasteiger partial charge is 1.00 e. The van der Waals surface area contributed by atoms with Crippen molar-refractivity contribution in [1.82, 2.24) is 0 Å². The van der Waals surface area contributed by atoms with Crippen LogP contribution in [0.15, 0.2) is 66.7 Å². The van der Waals surface area contributed by atoms with Gasteiger partial charge < -0.3 is 12.3 Å². The van der Waals surface area contributed by atoms with Gasteiger partial charge in [0, 0.05) is 22.6 Å². The monoisotopic (exact) mass is 532 g/mol. The van der Waals surface area contributed by atoms with Crippen molar-refractivity contribution in [1.29, 1.82) is 0 Å². The van der Waals surface area contributed by atoms with Crippen molar-refractivity contribution < 1.29 is 16.8 Å². The Bertz CT molecular complexity index is 1100. The van der Waals surface area contributed by atoms with Crippen molar-refractivity contribution >= 4 is 61.8 Å². The van der Waals surface area contributed by atoms with Crippen LogP contribution in [0.1, 0.15) is 53.2 Å². The molecule has 0 saturated heterocycles. The Labute approximate surface area is 216 Å². The summed E-state index contributed by atoms with van der Waals surface area (Å²) in [7, 11) is -3.90. The molecule has 5 heteroatoms. The third-order valence-corrected chi connectivity index (χ3v) is 6.86. The summed E-state index contributed by atoms with van der Waals surface area (Å²) in [5, 5.41) is 0.367. The zero-order chi connectivity index (χ0) is 20.1. The van der Waals surface area contributed by atoms with E-state index in [1.807, 2.05) is 18.2 Å². The number of rotatable bonds is 2. The number of fused-ring (bicyclic) bond motifs is 3. The zero-order valence-electron chi connectivity index (χ0n) is 19.3. The molecule has 1 N–H and O–H groups in total. The van der Waals surface area contributed by atoms with E-state index < -0.39 is 7.60 Å². The van der Waals surface area contributed by atoms with Gasteiger partial charge in [0.25, 0.3) is 0 Å². The van der Waals surface area contributed by atoms with Gasteiger partial charge in [0.2, 0.25) is 0 Å². The fourth-order valence-corrected chi connectivity index (χ4v) is 5.13. The van der Waals surface area contributed by atoms with Crippen molar-refractivity contribution in [2.45, 2.75) is 39.0 Å². The van der Waals surface area contributed by atoms with Gasteiger partial charge in [-0.2, -0.15) is 0 Å². The molecule has 0 fully saturated rings. The third-order valence-electron chi connectivity index (χ3n) is 5.43. The summed E-state index contributed by atoms with van der Waals surface area (Å²) in [6.45, 7) is 8.50. The minimum Gasteiger partial charge on any atom is -1.00 e. The second-order valence-electron chi connectivity index (χ2n) is 8.46. The normalized spacial score (nSPS) is 18.7. The van der Waals surface area contributed by atoms with E-state index in [1.54, 1.807) is 12.1 Å². The number of benzene rings is 3. The van der Waals surface area contributed by atoms with Gasteiger partial charge in [-0.3, -0.25) is 0 Å². The van der Waals surface area contributed by atoms with Gasteiger partial charge in [-0.25, -0.2) is 4.57 Å². The summed E-state index contributed by atoms with van der Waals surface area (Å²) in [4.78, 5) is 10.6. The molecule has 0 aromatic heterocycles. The van der Waals surface area contributed by atoms with E-state index in [0.717, 1.165) is 16.7 Å². The van der Waals surface area contributed by atoms with Crippen LogP contribution in [-0.2, 0) is 9.98 Å². The van der Waals surface area contributed by atoms with E-state index in [2.05, 4.69) is 64.1 Å². The Morgan fingerprint density at radius 1 is 0.931 bits per heavy atom. The Morgan fingerprint density at radius 2 is 1.55 bits per heavy atom. The van der Waals surface area contributed by atoms with E-state index in [4.69, 9.17) is 4.52 Å². The molecule has 3 aromatic carbocycles. The van der Waals surface area contributed by atoms with E-state index in [9.17, 15) is 9.46 Å². The SMILES string of the molecule is CC(c1ccccc1)c1cc2c(c(C(C)(C)C)c1)OP(=O)(O)c1ccccc1-2.[Ba+2].[H-].[H-]. The molecule has 4 rings (SSSR count). The minimum absolute atomic E-state index is 0. The van der Waals surface area contributed by atoms with Crippen LogP contribution in [0.2, 0.25) is 0 Å². The average Bonchev–Trinajstić information content (AvgIpc) is 2.66. The first-order valence-electron chi connectivity index (χ1n) is 9.54. The molecule has 0 spiro atoms. The molecule has 2 atom stereocenters. The third kappa shape index (κ3) is 4.33. The largest absolute Gasteiger partial charge is 2.00 e. The van der Waals surface area contributed by atoms with Crippen LogP contribution in [0.25, 0.3) is 11.1 Å². The fraction of sp³-hybridized carbons (Fsp3) is 0.250. The summed E-state index contributed by atoms with van der Waals surface area (Å²) in [5.74, 6) is 0.726. The van der Waals surface area contributed by atoms with E-state index >= 15 is 0 Å². The molecule has 3 nitrogen and oxygen atoms in total. The van der Waals surface area contributed by atoms with E-state index in [0.29, 0.717) is 11.1 Å². The topological polar surface area (TPSA) is 46.5 Å². The maximum atomic E-state index is 12.9. The molecule has 1 aliphatic heterocycles. The molecule has 148 valence electrons. The van der Waals surface area contributed by atoms with Crippen molar-refractivity contribution in [3.05, 3.63) is 83.4 Å². The van der Waals surface area contributed by atoms with Gasteiger partial charge in [0.05, 0.1) is 5.30 Å². The van der Waals surface area contributed by atoms with Crippen LogP contribution < -0.4 is 9.83 Å². The van der Waals surface area contributed by atoms with Crippen LogP contribution in [0, 0.1) is 0 Å². The minimum atomic E-state index is -3.90. The van der Waals surface area contributed by atoms with Gasteiger partial charge in [-0.05, 0) is 28.7 Å². The maximum absolute atomic E-state index is 12.9. The van der Waals surface area contributed by atoms with Gasteiger partial charge in [-0.15, -0.1) is 0 Å². The predicted octanol–water partition coefficient (Wildman–Crippen LogP) is 5.85. The summed E-state index contributed by atoms with van der Waals surface area (Å²) in [5.41, 5.74) is 4.79. The molecule has 0 amide bonds. The molecule has 1 heterocycles. The first-order chi connectivity index (χ1) is 13.2.